The topological polar surface area (TPSA) is 122 Å². The van der Waals surface area contributed by atoms with Crippen LogP contribution in [-0.2, 0) is 26.1 Å². The first-order chi connectivity index (χ1) is 15.7. The van der Waals surface area contributed by atoms with Gasteiger partial charge in [-0.3, -0.25) is 4.79 Å². The second-order valence-corrected chi connectivity index (χ2v) is 10.3. The summed E-state index contributed by atoms with van der Waals surface area (Å²) >= 11 is 0. The smallest absolute Gasteiger partial charge is 0.342 e. The van der Waals surface area contributed by atoms with E-state index in [1.165, 1.54) is 6.07 Å². The van der Waals surface area contributed by atoms with Gasteiger partial charge in [-0.25, -0.2) is 17.9 Å². The second kappa shape index (κ2) is 10.8. The molecule has 0 saturated heterocycles. The lowest BCUT2D eigenvalue weighted by atomic mass is 9.78. The average molecular weight is 475 g/mol. The molecule has 0 bridgehead atoms. The summed E-state index contributed by atoms with van der Waals surface area (Å²) in [6.07, 6.45) is 3.03. The van der Waals surface area contributed by atoms with Crippen LogP contribution in [0.5, 0.6) is 5.75 Å². The van der Waals surface area contributed by atoms with Gasteiger partial charge in [0, 0.05) is 12.6 Å². The molecule has 1 saturated carbocycles. The van der Waals surface area contributed by atoms with Gasteiger partial charge in [0.15, 0.2) is 6.61 Å². The van der Waals surface area contributed by atoms with Crippen molar-refractivity contribution in [3.05, 3.63) is 59.7 Å². The molecule has 0 aliphatic heterocycles. The predicted octanol–water partition coefficient (Wildman–Crippen LogP) is 2.97. The van der Waals surface area contributed by atoms with Crippen molar-refractivity contribution in [2.45, 2.75) is 50.6 Å². The lowest BCUT2D eigenvalue weighted by molar-refractivity contribution is -0.125. The molecule has 1 amide bonds. The molecule has 9 heteroatoms. The number of hydrogen-bond donors (Lipinski definition) is 3. The zero-order valence-corrected chi connectivity index (χ0v) is 19.6. The first-order valence-corrected chi connectivity index (χ1v) is 12.5. The summed E-state index contributed by atoms with van der Waals surface area (Å²) in [6, 6.07) is 12.3. The number of rotatable bonds is 8. The summed E-state index contributed by atoms with van der Waals surface area (Å²) in [4.78, 5) is 24.5. The molecule has 0 spiro atoms. The third-order valence-electron chi connectivity index (χ3n) is 6.19. The highest BCUT2D eigenvalue weighted by Gasteiger charge is 2.28. The molecule has 3 rings (SSSR count). The number of carbonyl (C=O) groups is 2. The highest BCUT2D eigenvalue weighted by molar-refractivity contribution is 7.89. The fourth-order valence-corrected chi connectivity index (χ4v) is 4.99. The number of nitrogens with one attached hydrogen (secondary N) is 2. The van der Waals surface area contributed by atoms with Crippen LogP contribution in [0.4, 0.5) is 0 Å². The van der Waals surface area contributed by atoms with Crippen LogP contribution in [0, 0.1) is 11.8 Å². The van der Waals surface area contributed by atoms with E-state index in [2.05, 4.69) is 23.9 Å². The van der Waals surface area contributed by atoms with Crippen LogP contribution in [-0.4, -0.2) is 38.0 Å². The van der Waals surface area contributed by atoms with Gasteiger partial charge in [0.1, 0.15) is 11.3 Å². The molecule has 1 aliphatic carbocycles. The molecule has 3 N–H and O–H groups in total. The number of benzene rings is 2. The number of carbonyl (C=O) groups excluding carboxylic acids is 2. The first kappa shape index (κ1) is 24.7. The van der Waals surface area contributed by atoms with Crippen molar-refractivity contribution < 1.29 is 27.9 Å². The van der Waals surface area contributed by atoms with Gasteiger partial charge in [-0.15, -0.1) is 0 Å². The normalized spacial score (nSPS) is 20.7. The Balaban J connectivity index is 1.61. The summed E-state index contributed by atoms with van der Waals surface area (Å²) in [7, 11) is -3.94. The van der Waals surface area contributed by atoms with Gasteiger partial charge in [-0.2, -0.15) is 0 Å². The highest BCUT2D eigenvalue weighted by Crippen LogP contribution is 2.29. The van der Waals surface area contributed by atoms with Crippen LogP contribution in [0.2, 0.25) is 0 Å². The van der Waals surface area contributed by atoms with Crippen LogP contribution in [0.1, 0.15) is 49.0 Å². The van der Waals surface area contributed by atoms with Crippen molar-refractivity contribution in [3.63, 3.8) is 0 Å². The third kappa shape index (κ3) is 6.55. The monoisotopic (exact) mass is 474 g/mol. The molecule has 1 fully saturated rings. The molecule has 3 atom stereocenters. The largest absolute Gasteiger partial charge is 0.507 e. The lowest BCUT2D eigenvalue weighted by Crippen LogP contribution is -2.45. The minimum Gasteiger partial charge on any atom is -0.507 e. The minimum atomic E-state index is -3.94. The Morgan fingerprint density at radius 2 is 1.82 bits per heavy atom. The lowest BCUT2D eigenvalue weighted by Gasteiger charge is -2.34. The van der Waals surface area contributed by atoms with E-state index in [0.29, 0.717) is 11.8 Å². The zero-order chi connectivity index (χ0) is 24.0. The zero-order valence-electron chi connectivity index (χ0n) is 18.8. The molecule has 0 aromatic heterocycles. The van der Waals surface area contributed by atoms with Crippen LogP contribution in [0.25, 0.3) is 0 Å². The van der Waals surface area contributed by atoms with E-state index < -0.39 is 34.3 Å². The number of aromatic hydroxyl groups is 1. The van der Waals surface area contributed by atoms with E-state index in [1.807, 2.05) is 6.07 Å². The number of ether oxygens (including phenoxy) is 1. The summed E-state index contributed by atoms with van der Waals surface area (Å²) in [5.74, 6) is -1.01. The standard InChI is InChI=1S/C24H30N2O6S/c1-16-7-6-10-21(17(16)2)26-23(28)15-32-24(29)20-13-19(11-12-22(20)27)33(30,31)25-14-18-8-4-3-5-9-18/h3-5,8-9,11-13,16-17,21,25,27H,6-7,10,14-15H2,1-2H3,(H,26,28). The molecule has 2 aromatic carbocycles. The van der Waals surface area contributed by atoms with Crippen LogP contribution < -0.4 is 10.0 Å². The predicted molar refractivity (Wildman–Crippen MR) is 123 cm³/mol. The quantitative estimate of drug-likeness (QED) is 0.506. The molecule has 33 heavy (non-hydrogen) atoms. The number of sulfonamides is 1. The molecule has 2 aromatic rings. The molecule has 0 radical (unpaired) electrons. The molecule has 0 heterocycles. The molecule has 3 unspecified atom stereocenters. The Labute approximate surface area is 194 Å². The maximum absolute atomic E-state index is 12.6. The third-order valence-corrected chi connectivity index (χ3v) is 7.59. The van der Waals surface area contributed by atoms with Crippen molar-refractivity contribution >= 4 is 21.9 Å². The van der Waals surface area contributed by atoms with E-state index in [9.17, 15) is 23.1 Å². The van der Waals surface area contributed by atoms with Crippen LogP contribution >= 0.6 is 0 Å². The van der Waals surface area contributed by atoms with Gasteiger partial charge < -0.3 is 15.2 Å². The van der Waals surface area contributed by atoms with Gasteiger partial charge in [0.25, 0.3) is 5.91 Å². The molecular weight excluding hydrogens is 444 g/mol. The summed E-state index contributed by atoms with van der Waals surface area (Å²) in [6.45, 7) is 3.80. The minimum absolute atomic E-state index is 0.0255. The van der Waals surface area contributed by atoms with Crippen molar-refractivity contribution in [1.29, 1.82) is 0 Å². The number of phenols is 1. The van der Waals surface area contributed by atoms with E-state index in [1.54, 1.807) is 24.3 Å². The summed E-state index contributed by atoms with van der Waals surface area (Å²) < 4.78 is 32.8. The van der Waals surface area contributed by atoms with Crippen molar-refractivity contribution in [2.75, 3.05) is 6.61 Å². The fraction of sp³-hybridized carbons (Fsp3) is 0.417. The second-order valence-electron chi connectivity index (χ2n) is 8.51. The number of esters is 1. The van der Waals surface area contributed by atoms with Crippen LogP contribution in [0.3, 0.4) is 0 Å². The Morgan fingerprint density at radius 3 is 2.55 bits per heavy atom. The fourth-order valence-electron chi connectivity index (χ4n) is 3.95. The van der Waals surface area contributed by atoms with Crippen molar-refractivity contribution in [2.24, 2.45) is 11.8 Å². The Bertz CT molecular complexity index is 1090. The van der Waals surface area contributed by atoms with E-state index in [4.69, 9.17) is 4.74 Å². The summed E-state index contributed by atoms with van der Waals surface area (Å²) in [5.41, 5.74) is 0.442. The van der Waals surface area contributed by atoms with E-state index >= 15 is 0 Å². The van der Waals surface area contributed by atoms with E-state index in [0.717, 1.165) is 37.0 Å². The first-order valence-electron chi connectivity index (χ1n) is 11.0. The van der Waals surface area contributed by atoms with E-state index in [-0.39, 0.29) is 23.0 Å². The van der Waals surface area contributed by atoms with Gasteiger partial charge in [0.2, 0.25) is 10.0 Å². The van der Waals surface area contributed by atoms with Gasteiger partial charge in [-0.05, 0) is 42.0 Å². The van der Waals surface area contributed by atoms with Crippen molar-refractivity contribution in [3.8, 4) is 5.75 Å². The Morgan fingerprint density at radius 1 is 1.09 bits per heavy atom. The van der Waals surface area contributed by atoms with Crippen LogP contribution in [0.15, 0.2) is 53.4 Å². The average Bonchev–Trinajstić information content (AvgIpc) is 2.80. The van der Waals surface area contributed by atoms with Gasteiger partial charge >= 0.3 is 5.97 Å². The number of phenolic OH excluding ortho intramolecular Hbond substituents is 1. The molecular formula is C24H30N2O6S. The molecule has 178 valence electrons. The van der Waals surface area contributed by atoms with Crippen molar-refractivity contribution in [1.82, 2.24) is 10.0 Å². The molecule has 1 aliphatic rings. The maximum Gasteiger partial charge on any atom is 0.342 e. The number of hydrogen-bond acceptors (Lipinski definition) is 6. The summed E-state index contributed by atoms with van der Waals surface area (Å²) in [5, 5.41) is 13.0. The molecule has 8 nitrogen and oxygen atoms in total. The Hall–Kier alpha value is -2.91. The SMILES string of the molecule is CC1CCCC(NC(=O)COC(=O)c2cc(S(=O)(=O)NCc3ccccc3)ccc2O)C1C. The van der Waals surface area contributed by atoms with Gasteiger partial charge in [-0.1, -0.05) is 57.0 Å². The number of amides is 1. The Kier molecular flexibility index (Phi) is 8.10. The van der Waals surface area contributed by atoms with Gasteiger partial charge in [0.05, 0.1) is 4.90 Å². The maximum atomic E-state index is 12.6. The highest BCUT2D eigenvalue weighted by atomic mass is 32.2.